The van der Waals surface area contributed by atoms with Crippen LogP contribution < -0.4 is 10.4 Å². The molecule has 0 amide bonds. The summed E-state index contributed by atoms with van der Waals surface area (Å²) in [5.41, 5.74) is 0.756. The number of ether oxygens (including phenoxy) is 1. The minimum Gasteiger partial charge on any atom is -0.496 e. The van der Waals surface area contributed by atoms with Crippen LogP contribution in [0.5, 0.6) is 5.75 Å². The van der Waals surface area contributed by atoms with Crippen molar-refractivity contribution in [1.29, 1.82) is 0 Å². The molecule has 116 valence electrons. The molecule has 23 heavy (non-hydrogen) atoms. The van der Waals surface area contributed by atoms with Gasteiger partial charge in [-0.1, -0.05) is 23.2 Å². The number of hydrogen-bond donors (Lipinski definition) is 0. The first-order chi connectivity index (χ1) is 11.1. The fraction of sp³-hybridized carbons (Fsp3) is 0.0588. The van der Waals surface area contributed by atoms with Crippen LogP contribution in [0.4, 0.5) is 0 Å². The molecule has 4 nitrogen and oxygen atoms in total. The molecule has 3 aromatic rings. The predicted octanol–water partition coefficient (Wildman–Crippen LogP) is 4.67. The van der Waals surface area contributed by atoms with Crippen molar-refractivity contribution in [3.8, 4) is 5.75 Å². The van der Waals surface area contributed by atoms with Gasteiger partial charge in [0.15, 0.2) is 0 Å². The van der Waals surface area contributed by atoms with Crippen LogP contribution >= 0.6 is 23.2 Å². The van der Waals surface area contributed by atoms with Gasteiger partial charge in [-0.05, 0) is 42.5 Å². The van der Waals surface area contributed by atoms with Crippen LogP contribution in [0.1, 0.15) is 11.5 Å². The third kappa shape index (κ3) is 3.38. The molecule has 0 atom stereocenters. The monoisotopic (exact) mass is 347 g/mol. The zero-order valence-electron chi connectivity index (χ0n) is 12.0. The Labute approximate surface area is 141 Å². The highest BCUT2D eigenvalue weighted by molar-refractivity contribution is 6.31. The molecule has 0 unspecified atom stereocenters. The van der Waals surface area contributed by atoms with Crippen LogP contribution in [0, 0.1) is 0 Å². The molecular formula is C17H11Cl2NO3. The first-order valence-corrected chi connectivity index (χ1v) is 7.44. The molecule has 2 aromatic carbocycles. The van der Waals surface area contributed by atoms with E-state index in [-0.39, 0.29) is 5.89 Å². The summed E-state index contributed by atoms with van der Waals surface area (Å²) in [7, 11) is 1.57. The van der Waals surface area contributed by atoms with E-state index >= 15 is 0 Å². The van der Waals surface area contributed by atoms with Crippen molar-refractivity contribution in [2.75, 3.05) is 7.11 Å². The van der Waals surface area contributed by atoms with Crippen LogP contribution in [0.3, 0.4) is 0 Å². The molecule has 0 aliphatic carbocycles. The Kier molecular flexibility index (Phi) is 4.37. The van der Waals surface area contributed by atoms with E-state index in [0.29, 0.717) is 26.7 Å². The van der Waals surface area contributed by atoms with Crippen molar-refractivity contribution >= 4 is 46.3 Å². The number of hydrogen-bond acceptors (Lipinski definition) is 4. The fourth-order valence-electron chi connectivity index (χ4n) is 2.13. The van der Waals surface area contributed by atoms with Crippen molar-refractivity contribution in [3.63, 3.8) is 0 Å². The molecule has 3 rings (SSSR count). The third-order valence-corrected chi connectivity index (χ3v) is 3.68. The van der Waals surface area contributed by atoms with Crippen LogP contribution in [0.25, 0.3) is 23.1 Å². The lowest BCUT2D eigenvalue weighted by Gasteiger charge is -2.04. The molecule has 0 saturated heterocycles. The second kappa shape index (κ2) is 6.44. The standard InChI is InChI=1S/C17H11Cl2NO3/c1-22-15-6-4-11(18)8-10(15)2-7-16-20-14-9-12(19)3-5-13(14)17(21)23-16/h2-9H,1H3. The molecule has 0 fully saturated rings. The van der Waals surface area contributed by atoms with Gasteiger partial charge in [-0.25, -0.2) is 9.78 Å². The van der Waals surface area contributed by atoms with E-state index < -0.39 is 5.63 Å². The lowest BCUT2D eigenvalue weighted by Crippen LogP contribution is -2.02. The highest BCUT2D eigenvalue weighted by atomic mass is 35.5. The summed E-state index contributed by atoms with van der Waals surface area (Å²) >= 11 is 11.9. The van der Waals surface area contributed by atoms with E-state index in [4.69, 9.17) is 32.4 Å². The lowest BCUT2D eigenvalue weighted by molar-refractivity contribution is 0.414. The number of methoxy groups -OCH3 is 1. The van der Waals surface area contributed by atoms with E-state index in [0.717, 1.165) is 5.56 Å². The fourth-order valence-corrected chi connectivity index (χ4v) is 2.48. The molecule has 0 spiro atoms. The molecule has 0 bridgehead atoms. The summed E-state index contributed by atoms with van der Waals surface area (Å²) in [5, 5.41) is 1.46. The van der Waals surface area contributed by atoms with Gasteiger partial charge in [0, 0.05) is 21.7 Å². The van der Waals surface area contributed by atoms with E-state index in [1.165, 1.54) is 0 Å². The first-order valence-electron chi connectivity index (χ1n) is 6.69. The van der Waals surface area contributed by atoms with Crippen LogP contribution in [0.2, 0.25) is 10.0 Å². The van der Waals surface area contributed by atoms with Crippen molar-refractivity contribution in [2.24, 2.45) is 0 Å². The van der Waals surface area contributed by atoms with Crippen molar-refractivity contribution in [2.45, 2.75) is 0 Å². The molecule has 0 radical (unpaired) electrons. The Bertz CT molecular complexity index is 964. The zero-order chi connectivity index (χ0) is 16.4. The predicted molar refractivity (Wildman–Crippen MR) is 92.2 cm³/mol. The average molecular weight is 348 g/mol. The quantitative estimate of drug-likeness (QED) is 0.690. The Balaban J connectivity index is 2.05. The summed E-state index contributed by atoms with van der Waals surface area (Å²) in [6, 6.07) is 10.1. The van der Waals surface area contributed by atoms with Crippen molar-refractivity contribution in [1.82, 2.24) is 4.98 Å². The number of benzene rings is 2. The van der Waals surface area contributed by atoms with Gasteiger partial charge in [0.05, 0.1) is 18.0 Å². The number of rotatable bonds is 3. The van der Waals surface area contributed by atoms with Gasteiger partial charge in [-0.3, -0.25) is 0 Å². The highest BCUT2D eigenvalue weighted by Crippen LogP contribution is 2.24. The Morgan fingerprint density at radius 2 is 1.83 bits per heavy atom. The Morgan fingerprint density at radius 3 is 2.61 bits per heavy atom. The van der Waals surface area contributed by atoms with Crippen LogP contribution in [-0.4, -0.2) is 12.1 Å². The second-order valence-electron chi connectivity index (χ2n) is 4.72. The molecule has 1 aromatic heterocycles. The summed E-state index contributed by atoms with van der Waals surface area (Å²) in [5.74, 6) is 0.823. The van der Waals surface area contributed by atoms with Crippen LogP contribution in [0.15, 0.2) is 45.6 Å². The topological polar surface area (TPSA) is 52.3 Å². The van der Waals surface area contributed by atoms with E-state index in [2.05, 4.69) is 4.98 Å². The van der Waals surface area contributed by atoms with Crippen LogP contribution in [-0.2, 0) is 0 Å². The smallest absolute Gasteiger partial charge is 0.347 e. The second-order valence-corrected chi connectivity index (χ2v) is 5.59. The summed E-state index contributed by atoms with van der Waals surface area (Å²) < 4.78 is 10.4. The summed E-state index contributed by atoms with van der Waals surface area (Å²) in [6.45, 7) is 0. The SMILES string of the molecule is COc1ccc(Cl)cc1C=Cc1nc2cc(Cl)ccc2c(=O)o1. The van der Waals surface area contributed by atoms with Crippen molar-refractivity contribution < 1.29 is 9.15 Å². The normalized spacial score (nSPS) is 11.3. The number of fused-ring (bicyclic) bond motifs is 1. The van der Waals surface area contributed by atoms with Gasteiger partial charge in [0.1, 0.15) is 5.75 Å². The third-order valence-electron chi connectivity index (χ3n) is 3.20. The average Bonchev–Trinajstić information content (AvgIpc) is 2.52. The maximum atomic E-state index is 12.0. The maximum absolute atomic E-state index is 12.0. The number of aromatic nitrogens is 1. The Morgan fingerprint density at radius 1 is 1.09 bits per heavy atom. The zero-order valence-corrected chi connectivity index (χ0v) is 13.6. The van der Waals surface area contributed by atoms with Gasteiger partial charge < -0.3 is 9.15 Å². The molecule has 0 aliphatic heterocycles. The molecular weight excluding hydrogens is 337 g/mol. The molecule has 0 aliphatic rings. The van der Waals surface area contributed by atoms with Gasteiger partial charge in [-0.2, -0.15) is 0 Å². The summed E-state index contributed by atoms with van der Waals surface area (Å²) in [4.78, 5) is 16.2. The van der Waals surface area contributed by atoms with E-state index in [1.807, 2.05) is 0 Å². The highest BCUT2D eigenvalue weighted by Gasteiger charge is 2.06. The largest absolute Gasteiger partial charge is 0.496 e. The molecule has 1 heterocycles. The van der Waals surface area contributed by atoms with Gasteiger partial charge in [0.25, 0.3) is 0 Å². The van der Waals surface area contributed by atoms with Gasteiger partial charge in [0.2, 0.25) is 5.89 Å². The van der Waals surface area contributed by atoms with Gasteiger partial charge >= 0.3 is 5.63 Å². The molecule has 6 heteroatoms. The first kappa shape index (κ1) is 15.6. The maximum Gasteiger partial charge on any atom is 0.347 e. The molecule has 0 saturated carbocycles. The van der Waals surface area contributed by atoms with E-state index in [9.17, 15) is 4.79 Å². The van der Waals surface area contributed by atoms with E-state index in [1.54, 1.807) is 55.7 Å². The minimum atomic E-state index is -0.468. The van der Waals surface area contributed by atoms with Crippen molar-refractivity contribution in [3.05, 3.63) is 68.3 Å². The van der Waals surface area contributed by atoms with Gasteiger partial charge in [-0.15, -0.1) is 0 Å². The minimum absolute atomic E-state index is 0.173. The molecule has 0 N–H and O–H groups in total. The Hall–Kier alpha value is -2.30. The summed E-state index contributed by atoms with van der Waals surface area (Å²) in [6.07, 6.45) is 3.29. The number of nitrogens with zero attached hydrogens (tertiary/aromatic N) is 1. The lowest BCUT2D eigenvalue weighted by atomic mass is 10.2. The number of halogens is 2.